The molecule has 0 atom stereocenters. The van der Waals surface area contributed by atoms with E-state index in [1.165, 1.54) is 6.20 Å². The molecule has 0 spiro atoms. The highest BCUT2D eigenvalue weighted by Crippen LogP contribution is 2.28. The minimum absolute atomic E-state index is 0.0962. The summed E-state index contributed by atoms with van der Waals surface area (Å²) >= 11 is 0. The number of pyridine rings is 2. The summed E-state index contributed by atoms with van der Waals surface area (Å²) in [6.45, 7) is 7.84. The maximum Gasteiger partial charge on any atom is 0.213 e. The molecule has 182 valence electrons. The number of aromatic nitrogens is 3. The minimum atomic E-state index is -1.08. The van der Waals surface area contributed by atoms with Crippen molar-refractivity contribution in [1.29, 1.82) is 0 Å². The van der Waals surface area contributed by atoms with Crippen LogP contribution in [0.3, 0.4) is 0 Å². The van der Waals surface area contributed by atoms with E-state index in [4.69, 9.17) is 10.5 Å². The first-order valence-electron chi connectivity index (χ1n) is 11.5. The van der Waals surface area contributed by atoms with Gasteiger partial charge in [0, 0.05) is 53.3 Å². The van der Waals surface area contributed by atoms with Gasteiger partial charge in [0.1, 0.15) is 11.5 Å². The van der Waals surface area contributed by atoms with Gasteiger partial charge in [0.2, 0.25) is 11.7 Å². The number of carbonyl (C=O) groups excluding carboxylic acids is 1. The van der Waals surface area contributed by atoms with E-state index in [1.54, 1.807) is 24.5 Å². The quantitative estimate of drug-likeness (QED) is 0.192. The number of hydrogen-bond acceptors (Lipinski definition) is 6. The van der Waals surface area contributed by atoms with Gasteiger partial charge in [0.25, 0.3) is 0 Å². The Bertz CT molecular complexity index is 1330. The van der Waals surface area contributed by atoms with E-state index < -0.39 is 23.0 Å². The number of H-pyrrole nitrogens is 1. The number of fused-ring (bicyclic) bond motifs is 1. The largest absolute Gasteiger partial charge is 0.478 e. The molecule has 4 aromatic rings. The number of ether oxygens (including phenoxy) is 1. The summed E-state index contributed by atoms with van der Waals surface area (Å²) in [5.74, 6) is -2.35. The molecule has 3 heterocycles. The Hall–Kier alpha value is -3.85. The summed E-state index contributed by atoms with van der Waals surface area (Å²) in [6.07, 6.45) is 5.59. The molecule has 0 bridgehead atoms. The second-order valence-electron chi connectivity index (χ2n) is 8.09. The summed E-state index contributed by atoms with van der Waals surface area (Å²) < 4.78 is 34.5. The first-order valence-corrected chi connectivity index (χ1v) is 11.5. The Morgan fingerprint density at radius 2 is 1.86 bits per heavy atom. The van der Waals surface area contributed by atoms with Crippen molar-refractivity contribution >= 4 is 22.5 Å². The third-order valence-corrected chi connectivity index (χ3v) is 5.96. The molecule has 35 heavy (non-hydrogen) atoms. The zero-order valence-electron chi connectivity index (χ0n) is 19.6. The normalized spacial score (nSPS) is 11.3. The highest BCUT2D eigenvalue weighted by Gasteiger charge is 2.24. The number of nitrogens with one attached hydrogen (secondary N) is 1. The van der Waals surface area contributed by atoms with Crippen molar-refractivity contribution in [2.75, 3.05) is 32.0 Å². The molecule has 0 amide bonds. The molecule has 0 fully saturated rings. The van der Waals surface area contributed by atoms with E-state index in [9.17, 15) is 13.6 Å². The minimum Gasteiger partial charge on any atom is -0.478 e. The molecule has 1 aromatic carbocycles. The first-order chi connectivity index (χ1) is 16.9. The summed E-state index contributed by atoms with van der Waals surface area (Å²) in [5.41, 5.74) is 6.52. The van der Waals surface area contributed by atoms with Crippen LogP contribution < -0.4 is 10.5 Å². The average Bonchev–Trinajstić information content (AvgIpc) is 3.30. The van der Waals surface area contributed by atoms with Crippen LogP contribution in [0.5, 0.6) is 5.88 Å². The number of nitrogen functional groups attached to an aromatic ring is 1. The molecule has 0 radical (unpaired) electrons. The van der Waals surface area contributed by atoms with Crippen LogP contribution in [-0.4, -0.2) is 51.9 Å². The van der Waals surface area contributed by atoms with Crippen LogP contribution in [0.1, 0.15) is 36.2 Å². The summed E-state index contributed by atoms with van der Waals surface area (Å²) in [6, 6.07) is 7.42. The number of nitrogens with two attached hydrogens (primary N) is 1. The monoisotopic (exact) mass is 479 g/mol. The van der Waals surface area contributed by atoms with Gasteiger partial charge in [-0.2, -0.15) is 0 Å². The Labute approximate surface area is 202 Å². The predicted octanol–water partition coefficient (Wildman–Crippen LogP) is 4.83. The number of carbonyl (C=O) groups is 1. The molecular formula is C26H27F2N5O2. The van der Waals surface area contributed by atoms with Gasteiger partial charge in [-0.25, -0.2) is 18.7 Å². The van der Waals surface area contributed by atoms with Crippen LogP contribution in [0.4, 0.5) is 14.5 Å². The lowest BCUT2D eigenvalue weighted by atomic mass is 10.00. The van der Waals surface area contributed by atoms with E-state index in [0.717, 1.165) is 43.8 Å². The number of aromatic amines is 1. The zero-order valence-corrected chi connectivity index (χ0v) is 19.6. The van der Waals surface area contributed by atoms with Crippen LogP contribution in [-0.2, 0) is 0 Å². The Morgan fingerprint density at radius 3 is 2.57 bits per heavy atom. The number of anilines is 1. The van der Waals surface area contributed by atoms with Crippen LogP contribution >= 0.6 is 0 Å². The van der Waals surface area contributed by atoms with Crippen LogP contribution in [0.2, 0.25) is 0 Å². The fraction of sp³-hybridized carbons (Fsp3) is 0.269. The Morgan fingerprint density at radius 1 is 1.09 bits per heavy atom. The van der Waals surface area contributed by atoms with Gasteiger partial charge in [-0.3, -0.25) is 4.79 Å². The zero-order chi connectivity index (χ0) is 24.9. The summed E-state index contributed by atoms with van der Waals surface area (Å²) in [5, 5.41) is 0.436. The molecule has 0 aliphatic rings. The van der Waals surface area contributed by atoms with Crippen LogP contribution in [0, 0.1) is 11.6 Å². The Kier molecular flexibility index (Phi) is 7.36. The average molecular weight is 480 g/mol. The van der Waals surface area contributed by atoms with E-state index in [0.29, 0.717) is 29.1 Å². The highest BCUT2D eigenvalue weighted by atomic mass is 19.1. The van der Waals surface area contributed by atoms with Gasteiger partial charge in [0.05, 0.1) is 17.9 Å². The molecule has 7 nitrogen and oxygen atoms in total. The third kappa shape index (κ3) is 5.14. The van der Waals surface area contributed by atoms with E-state index in [2.05, 4.69) is 33.7 Å². The van der Waals surface area contributed by atoms with E-state index in [-0.39, 0.29) is 11.3 Å². The highest BCUT2D eigenvalue weighted by molar-refractivity contribution is 6.16. The van der Waals surface area contributed by atoms with Crippen LogP contribution in [0.15, 0.2) is 48.9 Å². The number of ketones is 1. The SMILES string of the molecule is CCN(CC)CCCOc1ccc(-c2cnc3[nH]cc(C(=O)c4c(F)ccc(N)c4F)c3c2)cn1. The van der Waals surface area contributed by atoms with E-state index >= 15 is 0 Å². The van der Waals surface area contributed by atoms with Crippen molar-refractivity contribution in [3.8, 4) is 17.0 Å². The number of benzene rings is 1. The molecular weight excluding hydrogens is 452 g/mol. The third-order valence-electron chi connectivity index (χ3n) is 5.96. The molecule has 0 saturated heterocycles. The Balaban J connectivity index is 1.53. The fourth-order valence-corrected chi connectivity index (χ4v) is 3.90. The van der Waals surface area contributed by atoms with Gasteiger partial charge in [-0.1, -0.05) is 13.8 Å². The lowest BCUT2D eigenvalue weighted by Crippen LogP contribution is -2.25. The first kappa shape index (κ1) is 24.3. The van der Waals surface area contributed by atoms with Crippen molar-refractivity contribution in [3.05, 3.63) is 71.7 Å². The molecule has 3 aromatic heterocycles. The molecule has 0 saturated carbocycles. The van der Waals surface area contributed by atoms with Crippen molar-refractivity contribution in [2.45, 2.75) is 20.3 Å². The van der Waals surface area contributed by atoms with E-state index in [1.807, 2.05) is 6.07 Å². The molecule has 0 unspecified atom stereocenters. The predicted molar refractivity (Wildman–Crippen MR) is 131 cm³/mol. The molecule has 4 rings (SSSR count). The molecule has 0 aliphatic carbocycles. The number of rotatable bonds is 10. The van der Waals surface area contributed by atoms with Gasteiger partial charge in [0.15, 0.2) is 5.82 Å². The van der Waals surface area contributed by atoms with Crippen molar-refractivity contribution in [3.63, 3.8) is 0 Å². The smallest absolute Gasteiger partial charge is 0.213 e. The van der Waals surface area contributed by atoms with Crippen molar-refractivity contribution < 1.29 is 18.3 Å². The van der Waals surface area contributed by atoms with Gasteiger partial charge < -0.3 is 20.4 Å². The summed E-state index contributed by atoms with van der Waals surface area (Å²) in [7, 11) is 0. The van der Waals surface area contributed by atoms with Gasteiger partial charge >= 0.3 is 0 Å². The second kappa shape index (κ2) is 10.6. The molecule has 3 N–H and O–H groups in total. The lowest BCUT2D eigenvalue weighted by Gasteiger charge is -2.17. The van der Waals surface area contributed by atoms with Gasteiger partial charge in [-0.05, 0) is 43.8 Å². The standard InChI is InChI=1S/C26H27F2N5O2/c1-3-33(4-2)10-5-11-35-22-9-6-16(13-30-22)17-12-18-19(15-32-26(18)31-14-17)25(34)23-20(27)7-8-21(29)24(23)28/h6-9,12-15H,3-5,10-11,29H2,1-2H3,(H,31,32). The summed E-state index contributed by atoms with van der Waals surface area (Å²) in [4.78, 5) is 26.9. The molecule has 0 aliphatic heterocycles. The number of nitrogens with zero attached hydrogens (tertiary/aromatic N) is 3. The lowest BCUT2D eigenvalue weighted by molar-refractivity contribution is 0.103. The topological polar surface area (TPSA) is 97.1 Å². The number of hydrogen-bond donors (Lipinski definition) is 2. The number of halogens is 2. The maximum absolute atomic E-state index is 14.4. The van der Waals surface area contributed by atoms with Crippen LogP contribution in [0.25, 0.3) is 22.2 Å². The van der Waals surface area contributed by atoms with Crippen molar-refractivity contribution in [1.82, 2.24) is 19.9 Å². The van der Waals surface area contributed by atoms with Gasteiger partial charge in [-0.15, -0.1) is 0 Å². The van der Waals surface area contributed by atoms with Crippen molar-refractivity contribution in [2.24, 2.45) is 0 Å². The molecule has 9 heteroatoms. The second-order valence-corrected chi connectivity index (χ2v) is 8.09. The maximum atomic E-state index is 14.4. The fourth-order valence-electron chi connectivity index (χ4n) is 3.90.